The zero-order valence-corrected chi connectivity index (χ0v) is 12.0. The first-order valence-corrected chi connectivity index (χ1v) is 6.57. The number of anilines is 1. The number of carbonyl (C=O) groups is 1. The molecule has 0 saturated carbocycles. The van der Waals surface area contributed by atoms with Crippen molar-refractivity contribution < 1.29 is 9.53 Å². The van der Waals surface area contributed by atoms with Gasteiger partial charge in [-0.05, 0) is 30.7 Å². The van der Waals surface area contributed by atoms with Gasteiger partial charge in [0, 0.05) is 18.9 Å². The molecule has 1 N–H and O–H groups in total. The van der Waals surface area contributed by atoms with Crippen LogP contribution in [-0.2, 0) is 13.5 Å². The predicted molar refractivity (Wildman–Crippen MR) is 78.1 cm³/mol. The van der Waals surface area contributed by atoms with Gasteiger partial charge in [0.25, 0.3) is 5.91 Å². The maximum Gasteiger partial charge on any atom is 0.259 e. The highest BCUT2D eigenvalue weighted by molar-refractivity contribution is 6.04. The van der Waals surface area contributed by atoms with Crippen LogP contribution in [0.25, 0.3) is 0 Å². The molecule has 0 bridgehead atoms. The second-order valence-electron chi connectivity index (χ2n) is 4.44. The van der Waals surface area contributed by atoms with Gasteiger partial charge >= 0.3 is 0 Å². The lowest BCUT2D eigenvalue weighted by Gasteiger charge is -2.06. The highest BCUT2D eigenvalue weighted by Crippen LogP contribution is 2.17. The number of aryl methyl sites for hydroxylation is 2. The second kappa shape index (κ2) is 6.57. The van der Waals surface area contributed by atoms with Crippen LogP contribution in [0.3, 0.4) is 0 Å². The van der Waals surface area contributed by atoms with Gasteiger partial charge in [0.2, 0.25) is 0 Å². The van der Waals surface area contributed by atoms with Gasteiger partial charge in [-0.2, -0.15) is 10.4 Å². The Kier molecular flexibility index (Phi) is 4.57. The number of ether oxygens (including phenoxy) is 1. The van der Waals surface area contributed by atoms with Gasteiger partial charge in [-0.25, -0.2) is 0 Å². The smallest absolute Gasteiger partial charge is 0.259 e. The first-order chi connectivity index (χ1) is 10.1. The first-order valence-electron chi connectivity index (χ1n) is 6.57. The van der Waals surface area contributed by atoms with Gasteiger partial charge in [-0.3, -0.25) is 9.48 Å². The van der Waals surface area contributed by atoms with Crippen LogP contribution >= 0.6 is 0 Å². The Morgan fingerprint density at radius 1 is 1.43 bits per heavy atom. The third kappa shape index (κ3) is 3.60. The van der Waals surface area contributed by atoms with Crippen molar-refractivity contribution in [1.29, 1.82) is 5.26 Å². The van der Waals surface area contributed by atoms with Crippen molar-refractivity contribution in [2.75, 3.05) is 11.9 Å². The van der Waals surface area contributed by atoms with Crippen LogP contribution in [0.2, 0.25) is 0 Å². The minimum absolute atomic E-state index is 0.00124. The molecule has 0 spiro atoms. The summed E-state index contributed by atoms with van der Waals surface area (Å²) in [5.41, 5.74) is 2.00. The van der Waals surface area contributed by atoms with Crippen LogP contribution in [0.1, 0.15) is 23.0 Å². The molecule has 0 saturated heterocycles. The Balaban J connectivity index is 2.07. The Morgan fingerprint density at radius 3 is 2.76 bits per heavy atom. The quantitative estimate of drug-likeness (QED) is 0.912. The maximum absolute atomic E-state index is 12.2. The number of nitrogens with zero attached hydrogens (tertiary/aromatic N) is 3. The van der Waals surface area contributed by atoms with Crippen LogP contribution in [0, 0.1) is 11.3 Å². The van der Waals surface area contributed by atoms with E-state index in [0.29, 0.717) is 23.4 Å². The summed E-state index contributed by atoms with van der Waals surface area (Å²) in [7, 11) is 1.79. The van der Waals surface area contributed by atoms with E-state index >= 15 is 0 Å². The SMILES string of the molecule is CCc1nn(C)cc1C(=O)Nc1ccc(OCC#N)cc1. The largest absolute Gasteiger partial charge is 0.479 e. The summed E-state index contributed by atoms with van der Waals surface area (Å²) in [6.45, 7) is 1.96. The van der Waals surface area contributed by atoms with Gasteiger partial charge in [0.1, 0.15) is 11.8 Å². The zero-order valence-electron chi connectivity index (χ0n) is 12.0. The summed E-state index contributed by atoms with van der Waals surface area (Å²) in [5.74, 6) is 0.399. The second-order valence-corrected chi connectivity index (χ2v) is 4.44. The van der Waals surface area contributed by atoms with Crippen molar-refractivity contribution in [2.24, 2.45) is 7.05 Å². The number of aromatic nitrogens is 2. The molecule has 0 aliphatic rings. The number of nitrogens with one attached hydrogen (secondary N) is 1. The van der Waals surface area contributed by atoms with Gasteiger partial charge < -0.3 is 10.1 Å². The minimum Gasteiger partial charge on any atom is -0.479 e. The summed E-state index contributed by atoms with van der Waals surface area (Å²) in [6.07, 6.45) is 2.41. The fraction of sp³-hybridized carbons (Fsp3) is 0.267. The number of benzene rings is 1. The Labute approximate surface area is 123 Å². The van der Waals surface area contributed by atoms with Crippen LogP contribution in [0.5, 0.6) is 5.75 Å². The topological polar surface area (TPSA) is 79.9 Å². The average Bonchev–Trinajstić information content (AvgIpc) is 2.88. The van der Waals surface area contributed by atoms with Gasteiger partial charge in [0.05, 0.1) is 11.3 Å². The molecule has 1 amide bonds. The molecular weight excluding hydrogens is 268 g/mol. The molecule has 0 fully saturated rings. The van der Waals surface area contributed by atoms with Crippen molar-refractivity contribution in [3.8, 4) is 11.8 Å². The summed E-state index contributed by atoms with van der Waals surface area (Å²) >= 11 is 0. The van der Waals surface area contributed by atoms with E-state index in [4.69, 9.17) is 10.00 Å². The zero-order chi connectivity index (χ0) is 15.2. The lowest BCUT2D eigenvalue weighted by molar-refractivity contribution is 0.102. The van der Waals surface area contributed by atoms with Crippen LogP contribution < -0.4 is 10.1 Å². The molecule has 6 heteroatoms. The summed E-state index contributed by atoms with van der Waals surface area (Å²) in [5, 5.41) is 15.5. The van der Waals surface area contributed by atoms with Crippen molar-refractivity contribution in [3.05, 3.63) is 41.7 Å². The van der Waals surface area contributed by atoms with Crippen LogP contribution in [-0.4, -0.2) is 22.3 Å². The number of amides is 1. The van der Waals surface area contributed by atoms with E-state index in [1.807, 2.05) is 13.0 Å². The van der Waals surface area contributed by atoms with Crippen molar-refractivity contribution in [2.45, 2.75) is 13.3 Å². The van der Waals surface area contributed by atoms with E-state index in [1.54, 1.807) is 42.2 Å². The van der Waals surface area contributed by atoms with Crippen LogP contribution in [0.15, 0.2) is 30.5 Å². The summed E-state index contributed by atoms with van der Waals surface area (Å²) < 4.78 is 6.78. The monoisotopic (exact) mass is 284 g/mol. The molecule has 0 radical (unpaired) electrons. The summed E-state index contributed by atoms with van der Waals surface area (Å²) in [6, 6.07) is 8.77. The number of hydrogen-bond acceptors (Lipinski definition) is 4. The molecule has 0 aliphatic carbocycles. The number of carbonyl (C=O) groups excluding carboxylic acids is 1. The van der Waals surface area contributed by atoms with E-state index in [1.165, 1.54) is 0 Å². The minimum atomic E-state index is -0.189. The molecule has 2 aromatic rings. The Bertz CT molecular complexity index is 668. The Morgan fingerprint density at radius 2 is 2.14 bits per heavy atom. The van der Waals surface area contributed by atoms with Crippen molar-refractivity contribution >= 4 is 11.6 Å². The molecule has 0 unspecified atom stereocenters. The van der Waals surface area contributed by atoms with Crippen molar-refractivity contribution in [3.63, 3.8) is 0 Å². The first kappa shape index (κ1) is 14.6. The number of hydrogen-bond donors (Lipinski definition) is 1. The average molecular weight is 284 g/mol. The lowest BCUT2D eigenvalue weighted by atomic mass is 10.2. The number of rotatable bonds is 5. The van der Waals surface area contributed by atoms with E-state index in [9.17, 15) is 4.79 Å². The predicted octanol–water partition coefficient (Wildman–Crippen LogP) is 2.14. The van der Waals surface area contributed by atoms with E-state index in [2.05, 4.69) is 10.4 Å². The van der Waals surface area contributed by atoms with E-state index < -0.39 is 0 Å². The molecule has 1 aromatic heterocycles. The normalized spacial score (nSPS) is 9.95. The van der Waals surface area contributed by atoms with E-state index in [-0.39, 0.29) is 12.5 Å². The third-order valence-corrected chi connectivity index (χ3v) is 2.90. The van der Waals surface area contributed by atoms with E-state index in [0.717, 1.165) is 5.69 Å². The molecule has 0 atom stereocenters. The molecular formula is C15H16N4O2. The Hall–Kier alpha value is -2.81. The van der Waals surface area contributed by atoms with Crippen molar-refractivity contribution in [1.82, 2.24) is 9.78 Å². The highest BCUT2D eigenvalue weighted by atomic mass is 16.5. The standard InChI is InChI=1S/C15H16N4O2/c1-3-14-13(10-19(2)18-14)15(20)17-11-4-6-12(7-5-11)21-9-8-16/h4-7,10H,3,9H2,1-2H3,(H,17,20). The lowest BCUT2D eigenvalue weighted by Crippen LogP contribution is -2.13. The van der Waals surface area contributed by atoms with Gasteiger partial charge in [0.15, 0.2) is 6.61 Å². The molecule has 2 rings (SSSR count). The van der Waals surface area contributed by atoms with Gasteiger partial charge in [-0.15, -0.1) is 0 Å². The number of nitriles is 1. The maximum atomic E-state index is 12.2. The third-order valence-electron chi connectivity index (χ3n) is 2.90. The molecule has 1 aromatic carbocycles. The molecule has 1 heterocycles. The van der Waals surface area contributed by atoms with Crippen LogP contribution in [0.4, 0.5) is 5.69 Å². The highest BCUT2D eigenvalue weighted by Gasteiger charge is 2.14. The molecule has 6 nitrogen and oxygen atoms in total. The molecule has 21 heavy (non-hydrogen) atoms. The molecule has 108 valence electrons. The fourth-order valence-electron chi connectivity index (χ4n) is 1.93. The summed E-state index contributed by atoms with van der Waals surface area (Å²) in [4.78, 5) is 12.2. The van der Waals surface area contributed by atoms with Gasteiger partial charge in [-0.1, -0.05) is 6.92 Å². The fourth-order valence-corrected chi connectivity index (χ4v) is 1.93. The molecule has 0 aliphatic heterocycles.